The number of aryl methyl sites for hydroxylation is 2. The van der Waals surface area contributed by atoms with E-state index in [9.17, 15) is 13.2 Å². The summed E-state index contributed by atoms with van der Waals surface area (Å²) in [6, 6.07) is 5.62. The first-order valence-corrected chi connectivity index (χ1v) is 9.57. The van der Waals surface area contributed by atoms with Crippen LogP contribution in [0.3, 0.4) is 0 Å². The maximum absolute atomic E-state index is 13.1. The molecule has 0 aromatic heterocycles. The van der Waals surface area contributed by atoms with Crippen LogP contribution in [0.2, 0.25) is 0 Å². The van der Waals surface area contributed by atoms with Crippen molar-refractivity contribution in [3.63, 3.8) is 0 Å². The van der Waals surface area contributed by atoms with Gasteiger partial charge in [-0.1, -0.05) is 17.7 Å². The molecule has 2 atom stereocenters. The number of hydrogen-bond donors (Lipinski definition) is 2. The molecule has 0 saturated carbocycles. The lowest BCUT2D eigenvalue weighted by Gasteiger charge is -2.29. The number of hydrazine groups is 1. The molecule has 1 aromatic carbocycles. The Morgan fingerprint density at radius 1 is 1.33 bits per heavy atom. The first kappa shape index (κ1) is 18.7. The Morgan fingerprint density at radius 3 is 2.62 bits per heavy atom. The maximum atomic E-state index is 13.1. The zero-order chi connectivity index (χ0) is 17.9. The summed E-state index contributed by atoms with van der Waals surface area (Å²) in [5.74, 6) is -1.30. The van der Waals surface area contributed by atoms with Gasteiger partial charge in [-0.05, 0) is 39.3 Å². The van der Waals surface area contributed by atoms with E-state index in [1.165, 1.54) is 4.31 Å². The second kappa shape index (κ2) is 7.50. The molecular formula is C16H25N3O4S. The van der Waals surface area contributed by atoms with Crippen LogP contribution in [0.5, 0.6) is 0 Å². The number of benzene rings is 1. The van der Waals surface area contributed by atoms with Crippen molar-refractivity contribution in [2.24, 2.45) is 5.92 Å². The molecule has 7 nitrogen and oxygen atoms in total. The Hall–Kier alpha value is -1.64. The van der Waals surface area contributed by atoms with Gasteiger partial charge >= 0.3 is 5.97 Å². The van der Waals surface area contributed by atoms with Crippen LogP contribution in [0.15, 0.2) is 18.2 Å². The molecule has 0 amide bonds. The minimum atomic E-state index is -3.79. The van der Waals surface area contributed by atoms with Crippen LogP contribution in [-0.4, -0.2) is 39.5 Å². The number of esters is 1. The quantitative estimate of drug-likeness (QED) is 0.742. The van der Waals surface area contributed by atoms with E-state index in [0.717, 1.165) is 11.1 Å². The molecule has 0 aliphatic carbocycles. The normalized spacial score (nSPS) is 20.8. The van der Waals surface area contributed by atoms with E-state index in [4.69, 9.17) is 4.74 Å². The third kappa shape index (κ3) is 3.55. The molecule has 134 valence electrons. The lowest BCUT2D eigenvalue weighted by Crippen LogP contribution is -2.49. The first-order valence-electron chi connectivity index (χ1n) is 8.06. The SMILES string of the molecule is CCOC(=O)C1CNNC1S(=O)(=O)N(CC)c1ccc(C)cc1C. The van der Waals surface area contributed by atoms with Crippen molar-refractivity contribution in [1.82, 2.24) is 10.9 Å². The molecule has 0 bridgehead atoms. The number of nitrogens with one attached hydrogen (secondary N) is 2. The highest BCUT2D eigenvalue weighted by atomic mass is 32.2. The van der Waals surface area contributed by atoms with Gasteiger partial charge in [0.15, 0.2) is 5.37 Å². The molecule has 1 aliphatic rings. The molecule has 0 radical (unpaired) electrons. The third-order valence-corrected chi connectivity index (χ3v) is 6.21. The second-order valence-corrected chi connectivity index (χ2v) is 7.78. The molecule has 1 fully saturated rings. The van der Waals surface area contributed by atoms with E-state index in [2.05, 4.69) is 10.9 Å². The third-order valence-electron chi connectivity index (χ3n) is 4.06. The molecule has 1 heterocycles. The van der Waals surface area contributed by atoms with E-state index in [1.54, 1.807) is 19.9 Å². The molecule has 2 unspecified atom stereocenters. The summed E-state index contributed by atoms with van der Waals surface area (Å²) in [5, 5.41) is -1.06. The fourth-order valence-corrected chi connectivity index (χ4v) is 4.89. The fourth-order valence-electron chi connectivity index (χ4n) is 2.93. The van der Waals surface area contributed by atoms with Gasteiger partial charge in [0.05, 0.1) is 12.3 Å². The summed E-state index contributed by atoms with van der Waals surface area (Å²) in [6.45, 7) is 8.03. The number of carbonyl (C=O) groups is 1. The van der Waals surface area contributed by atoms with Gasteiger partial charge < -0.3 is 4.74 Å². The number of hydrogen-bond acceptors (Lipinski definition) is 6. The number of rotatable bonds is 6. The number of nitrogens with zero attached hydrogens (tertiary/aromatic N) is 1. The van der Waals surface area contributed by atoms with Crippen LogP contribution in [0.4, 0.5) is 5.69 Å². The van der Waals surface area contributed by atoms with Crippen molar-refractivity contribution in [3.8, 4) is 0 Å². The Morgan fingerprint density at radius 2 is 2.04 bits per heavy atom. The zero-order valence-corrected chi connectivity index (χ0v) is 15.3. The number of anilines is 1. The minimum absolute atomic E-state index is 0.215. The predicted octanol–water partition coefficient (Wildman–Crippen LogP) is 1.07. The summed E-state index contributed by atoms with van der Waals surface area (Å²) in [5.41, 5.74) is 8.05. The van der Waals surface area contributed by atoms with Crippen LogP contribution < -0.4 is 15.2 Å². The Balaban J connectivity index is 2.37. The summed E-state index contributed by atoms with van der Waals surface area (Å²) in [7, 11) is -3.79. The molecule has 2 rings (SSSR count). The maximum Gasteiger partial charge on any atom is 0.313 e. The van der Waals surface area contributed by atoms with Gasteiger partial charge in [-0.2, -0.15) is 0 Å². The van der Waals surface area contributed by atoms with Gasteiger partial charge in [0.25, 0.3) is 10.0 Å². The van der Waals surface area contributed by atoms with Gasteiger partial charge in [-0.3, -0.25) is 14.5 Å². The van der Waals surface area contributed by atoms with Crippen LogP contribution in [-0.2, 0) is 19.6 Å². The van der Waals surface area contributed by atoms with Crippen LogP contribution in [0.25, 0.3) is 0 Å². The van der Waals surface area contributed by atoms with Gasteiger partial charge in [-0.25, -0.2) is 13.8 Å². The number of ether oxygens (including phenoxy) is 1. The number of carbonyl (C=O) groups excluding carboxylic acids is 1. The summed E-state index contributed by atoms with van der Waals surface area (Å²) >= 11 is 0. The van der Waals surface area contributed by atoms with Crippen molar-refractivity contribution in [2.75, 3.05) is 24.0 Å². The van der Waals surface area contributed by atoms with Crippen molar-refractivity contribution in [2.45, 2.75) is 33.1 Å². The monoisotopic (exact) mass is 355 g/mol. The minimum Gasteiger partial charge on any atom is -0.466 e. The van der Waals surface area contributed by atoms with Gasteiger partial charge in [0, 0.05) is 13.1 Å². The second-order valence-electron chi connectivity index (χ2n) is 5.80. The van der Waals surface area contributed by atoms with E-state index < -0.39 is 27.3 Å². The van der Waals surface area contributed by atoms with Crippen molar-refractivity contribution in [3.05, 3.63) is 29.3 Å². The Bertz CT molecular complexity index is 705. The standard InChI is InChI=1S/C16H25N3O4S/c1-5-19(14-8-7-11(3)9-12(14)4)24(21,22)15-13(10-17-18-15)16(20)23-6-2/h7-9,13,15,17-18H,5-6,10H2,1-4H3. The predicted molar refractivity (Wildman–Crippen MR) is 92.9 cm³/mol. The van der Waals surface area contributed by atoms with Crippen LogP contribution in [0, 0.1) is 19.8 Å². The lowest BCUT2D eigenvalue weighted by molar-refractivity contribution is -0.147. The fraction of sp³-hybridized carbons (Fsp3) is 0.562. The average molecular weight is 355 g/mol. The molecule has 1 saturated heterocycles. The molecular weight excluding hydrogens is 330 g/mol. The molecule has 24 heavy (non-hydrogen) atoms. The van der Waals surface area contributed by atoms with Gasteiger partial charge in [-0.15, -0.1) is 0 Å². The van der Waals surface area contributed by atoms with E-state index in [-0.39, 0.29) is 19.7 Å². The topological polar surface area (TPSA) is 87.7 Å². The first-order chi connectivity index (χ1) is 11.3. The molecule has 1 aliphatic heterocycles. The highest BCUT2D eigenvalue weighted by Gasteiger charge is 2.45. The average Bonchev–Trinajstić information content (AvgIpc) is 3.00. The Labute approximate surface area is 143 Å². The molecule has 0 spiro atoms. The van der Waals surface area contributed by atoms with Gasteiger partial charge in [0.2, 0.25) is 0 Å². The molecule has 8 heteroatoms. The van der Waals surface area contributed by atoms with E-state index >= 15 is 0 Å². The van der Waals surface area contributed by atoms with Crippen molar-refractivity contribution in [1.29, 1.82) is 0 Å². The highest BCUT2D eigenvalue weighted by Crippen LogP contribution is 2.28. The Kier molecular flexibility index (Phi) is 5.84. The summed E-state index contributed by atoms with van der Waals surface area (Å²) in [4.78, 5) is 12.1. The molecule has 2 N–H and O–H groups in total. The van der Waals surface area contributed by atoms with E-state index in [0.29, 0.717) is 5.69 Å². The van der Waals surface area contributed by atoms with E-state index in [1.807, 2.05) is 26.0 Å². The highest BCUT2D eigenvalue weighted by molar-refractivity contribution is 7.93. The zero-order valence-electron chi connectivity index (χ0n) is 14.5. The van der Waals surface area contributed by atoms with Crippen molar-refractivity contribution < 1.29 is 17.9 Å². The summed E-state index contributed by atoms with van der Waals surface area (Å²) < 4.78 is 32.6. The van der Waals surface area contributed by atoms with Crippen molar-refractivity contribution >= 4 is 21.7 Å². The summed E-state index contributed by atoms with van der Waals surface area (Å²) in [6.07, 6.45) is 0. The van der Waals surface area contributed by atoms with Crippen LogP contribution >= 0.6 is 0 Å². The van der Waals surface area contributed by atoms with Crippen LogP contribution in [0.1, 0.15) is 25.0 Å². The van der Waals surface area contributed by atoms with Gasteiger partial charge in [0.1, 0.15) is 5.92 Å². The number of sulfonamides is 1. The lowest BCUT2D eigenvalue weighted by atomic mass is 10.1. The molecule has 1 aromatic rings. The largest absolute Gasteiger partial charge is 0.466 e. The smallest absolute Gasteiger partial charge is 0.313 e.